The molecule has 0 saturated carbocycles. The summed E-state index contributed by atoms with van der Waals surface area (Å²) in [7, 11) is 2.13. The van der Waals surface area contributed by atoms with E-state index in [0.29, 0.717) is 0 Å². The Kier molecular flexibility index (Phi) is 3.85. The Morgan fingerprint density at radius 2 is 2.17 bits per heavy atom. The second kappa shape index (κ2) is 4.96. The number of nitrogens with zero attached hydrogens (tertiary/aromatic N) is 2. The van der Waals surface area contributed by atoms with Gasteiger partial charge in [0.15, 0.2) is 6.54 Å². The van der Waals surface area contributed by atoms with Gasteiger partial charge in [0.2, 0.25) is 0 Å². The smallest absolute Gasteiger partial charge is 0.162 e. The third-order valence-electron chi connectivity index (χ3n) is 2.21. The molecule has 0 fully saturated rings. The van der Waals surface area contributed by atoms with E-state index in [1.807, 2.05) is 0 Å². The molecule has 0 N–H and O–H groups in total. The monoisotopic (exact) mass is 167 g/mol. The zero-order valence-corrected chi connectivity index (χ0v) is 8.00. The second-order valence-electron chi connectivity index (χ2n) is 3.50. The van der Waals surface area contributed by atoms with Gasteiger partial charge in [0.25, 0.3) is 0 Å². The second-order valence-corrected chi connectivity index (χ2v) is 3.50. The first-order valence-electron chi connectivity index (χ1n) is 4.71. The largest absolute Gasteiger partial charge is 0.380 e. The minimum absolute atomic E-state index is 0.977. The average Bonchev–Trinajstić information content (AvgIpc) is 2.04. The summed E-state index contributed by atoms with van der Waals surface area (Å²) in [6, 6.07) is 0. The SMILES string of the molecule is C=[N+]1CC=CN(C)CCCCC1. The fourth-order valence-electron chi connectivity index (χ4n) is 1.42. The summed E-state index contributed by atoms with van der Waals surface area (Å²) in [4.78, 5) is 2.25. The third-order valence-corrected chi connectivity index (χ3v) is 2.21. The van der Waals surface area contributed by atoms with Gasteiger partial charge in [-0.1, -0.05) is 0 Å². The molecule has 0 spiro atoms. The van der Waals surface area contributed by atoms with Crippen molar-refractivity contribution in [3.05, 3.63) is 12.3 Å². The molecule has 1 aliphatic rings. The normalized spacial score (nSPS) is 21.1. The molecule has 2 nitrogen and oxygen atoms in total. The zero-order chi connectivity index (χ0) is 8.81. The van der Waals surface area contributed by atoms with E-state index in [4.69, 9.17) is 0 Å². The van der Waals surface area contributed by atoms with Crippen LogP contribution in [0.3, 0.4) is 0 Å². The van der Waals surface area contributed by atoms with Crippen LogP contribution in [0.4, 0.5) is 0 Å². The van der Waals surface area contributed by atoms with Gasteiger partial charge >= 0.3 is 0 Å². The van der Waals surface area contributed by atoms with E-state index < -0.39 is 0 Å². The van der Waals surface area contributed by atoms with E-state index in [9.17, 15) is 0 Å². The highest BCUT2D eigenvalue weighted by molar-refractivity contribution is 5.14. The quantitative estimate of drug-likeness (QED) is 0.493. The molecule has 0 aromatic heterocycles. The summed E-state index contributed by atoms with van der Waals surface area (Å²) in [6.07, 6.45) is 8.24. The molecule has 0 atom stereocenters. The van der Waals surface area contributed by atoms with Crippen molar-refractivity contribution in [3.63, 3.8) is 0 Å². The molecule has 68 valence electrons. The van der Waals surface area contributed by atoms with Crippen LogP contribution < -0.4 is 0 Å². The molecule has 0 unspecified atom stereocenters. The first-order valence-corrected chi connectivity index (χ1v) is 4.71. The van der Waals surface area contributed by atoms with E-state index in [1.54, 1.807) is 0 Å². The molecule has 0 aromatic carbocycles. The molecule has 1 aliphatic heterocycles. The lowest BCUT2D eigenvalue weighted by atomic mass is 10.2. The molecular weight excluding hydrogens is 148 g/mol. The van der Waals surface area contributed by atoms with E-state index in [2.05, 4.69) is 35.5 Å². The van der Waals surface area contributed by atoms with Crippen molar-refractivity contribution >= 4 is 6.72 Å². The van der Waals surface area contributed by atoms with Crippen LogP contribution in [0.25, 0.3) is 0 Å². The molecule has 0 amide bonds. The molecule has 0 aliphatic carbocycles. The first kappa shape index (κ1) is 9.30. The van der Waals surface area contributed by atoms with E-state index in [0.717, 1.165) is 13.1 Å². The van der Waals surface area contributed by atoms with Crippen LogP contribution >= 0.6 is 0 Å². The molecule has 0 aromatic rings. The highest BCUT2D eigenvalue weighted by atomic mass is 15.1. The Morgan fingerprint density at radius 3 is 3.00 bits per heavy atom. The van der Waals surface area contributed by atoms with Crippen LogP contribution in [0.15, 0.2) is 12.3 Å². The van der Waals surface area contributed by atoms with Gasteiger partial charge < -0.3 is 4.90 Å². The van der Waals surface area contributed by atoms with E-state index in [-0.39, 0.29) is 0 Å². The molecule has 12 heavy (non-hydrogen) atoms. The molecule has 2 heteroatoms. The van der Waals surface area contributed by atoms with Gasteiger partial charge in [0.1, 0.15) is 13.3 Å². The highest BCUT2D eigenvalue weighted by Crippen LogP contribution is 2.00. The summed E-state index contributed by atoms with van der Waals surface area (Å²) in [5.74, 6) is 0. The molecule has 0 bridgehead atoms. The van der Waals surface area contributed by atoms with Crippen LogP contribution in [0.2, 0.25) is 0 Å². The number of rotatable bonds is 0. The summed E-state index contributed by atoms with van der Waals surface area (Å²) < 4.78 is 2.12. The van der Waals surface area contributed by atoms with Crippen LogP contribution in [-0.2, 0) is 0 Å². The standard InChI is InChI=1S/C10H19N2/c1-11-7-4-3-5-8-12(2)10-6-9-11/h6,10H,1,3-5,7-9H2,2H3/q+1. The lowest BCUT2D eigenvalue weighted by molar-refractivity contribution is -0.509. The van der Waals surface area contributed by atoms with Gasteiger partial charge in [-0.15, -0.1) is 0 Å². The predicted octanol–water partition coefficient (Wildman–Crippen LogP) is 1.33. The van der Waals surface area contributed by atoms with Gasteiger partial charge in [-0.2, -0.15) is 0 Å². The van der Waals surface area contributed by atoms with Crippen molar-refractivity contribution in [3.8, 4) is 0 Å². The Balaban J connectivity index is 2.41. The van der Waals surface area contributed by atoms with Gasteiger partial charge in [0.05, 0.1) is 0 Å². The van der Waals surface area contributed by atoms with Gasteiger partial charge in [-0.3, -0.25) is 0 Å². The van der Waals surface area contributed by atoms with Crippen molar-refractivity contribution in [2.24, 2.45) is 0 Å². The summed E-state index contributed by atoms with van der Waals surface area (Å²) in [5, 5.41) is 0. The number of hydrogen-bond donors (Lipinski definition) is 0. The van der Waals surface area contributed by atoms with Crippen molar-refractivity contribution in [2.45, 2.75) is 19.3 Å². The summed E-state index contributed by atoms with van der Waals surface area (Å²) in [6.45, 7) is 7.26. The zero-order valence-electron chi connectivity index (χ0n) is 8.00. The minimum atomic E-state index is 0.977. The van der Waals surface area contributed by atoms with E-state index in [1.165, 1.54) is 25.8 Å². The molecule has 1 heterocycles. The van der Waals surface area contributed by atoms with Crippen LogP contribution in [0, 0.1) is 0 Å². The summed E-state index contributed by atoms with van der Waals surface area (Å²) in [5.41, 5.74) is 0. The summed E-state index contributed by atoms with van der Waals surface area (Å²) >= 11 is 0. The van der Waals surface area contributed by atoms with Crippen LogP contribution in [0.1, 0.15) is 19.3 Å². The van der Waals surface area contributed by atoms with Crippen LogP contribution in [-0.4, -0.2) is 42.9 Å². The molecular formula is C10H19N2+. The average molecular weight is 167 g/mol. The minimum Gasteiger partial charge on any atom is -0.380 e. The van der Waals surface area contributed by atoms with Crippen molar-refractivity contribution in [2.75, 3.05) is 26.7 Å². The maximum atomic E-state index is 3.96. The predicted molar refractivity (Wildman–Crippen MR) is 52.7 cm³/mol. The third kappa shape index (κ3) is 3.56. The fraction of sp³-hybridized carbons (Fsp3) is 0.700. The van der Waals surface area contributed by atoms with Crippen molar-refractivity contribution in [1.82, 2.24) is 4.90 Å². The Bertz CT molecular complexity index is 173. The lowest BCUT2D eigenvalue weighted by Gasteiger charge is -2.14. The Hall–Kier alpha value is -0.790. The maximum Gasteiger partial charge on any atom is 0.162 e. The Morgan fingerprint density at radius 1 is 1.33 bits per heavy atom. The highest BCUT2D eigenvalue weighted by Gasteiger charge is 2.01. The first-order chi connectivity index (χ1) is 5.79. The lowest BCUT2D eigenvalue weighted by Crippen LogP contribution is -2.17. The van der Waals surface area contributed by atoms with Gasteiger partial charge in [-0.05, 0) is 18.9 Å². The van der Waals surface area contributed by atoms with Gasteiger partial charge in [0, 0.05) is 26.2 Å². The molecule has 1 rings (SSSR count). The maximum absolute atomic E-state index is 3.96. The van der Waals surface area contributed by atoms with E-state index >= 15 is 0 Å². The molecule has 0 radical (unpaired) electrons. The fourth-order valence-corrected chi connectivity index (χ4v) is 1.42. The Labute approximate surface area is 75.2 Å². The van der Waals surface area contributed by atoms with Gasteiger partial charge in [-0.25, -0.2) is 4.58 Å². The van der Waals surface area contributed by atoms with Crippen molar-refractivity contribution in [1.29, 1.82) is 0 Å². The molecule has 0 saturated heterocycles. The van der Waals surface area contributed by atoms with Crippen molar-refractivity contribution < 1.29 is 4.58 Å². The number of hydrogen-bond acceptors (Lipinski definition) is 1. The van der Waals surface area contributed by atoms with Crippen LogP contribution in [0.5, 0.6) is 0 Å². The topological polar surface area (TPSA) is 6.25 Å².